The quantitative estimate of drug-likeness (QED) is 0.766. The highest BCUT2D eigenvalue weighted by atomic mass is 35.5. The number of carbonyl (C=O) groups excluding carboxylic acids is 2. The molecule has 0 spiro atoms. The van der Waals surface area contributed by atoms with Crippen LogP contribution in [0.15, 0.2) is 12.4 Å². The van der Waals surface area contributed by atoms with E-state index in [2.05, 4.69) is 15.3 Å². The van der Waals surface area contributed by atoms with E-state index < -0.39 is 6.04 Å². The summed E-state index contributed by atoms with van der Waals surface area (Å²) < 4.78 is 0. The van der Waals surface area contributed by atoms with Gasteiger partial charge in [-0.2, -0.15) is 5.26 Å². The zero-order valence-electron chi connectivity index (χ0n) is 16.0. The summed E-state index contributed by atoms with van der Waals surface area (Å²) in [4.78, 5) is 34.3. The molecule has 1 unspecified atom stereocenters. The van der Waals surface area contributed by atoms with Crippen LogP contribution < -0.4 is 5.32 Å². The lowest BCUT2D eigenvalue weighted by molar-refractivity contribution is -0.127. The van der Waals surface area contributed by atoms with Crippen molar-refractivity contribution >= 4 is 34.4 Å². The third-order valence-corrected chi connectivity index (χ3v) is 4.67. The van der Waals surface area contributed by atoms with Gasteiger partial charge < -0.3 is 15.2 Å². The average molecular weight is 390 g/mol. The maximum Gasteiger partial charge on any atom is 0.257 e. The molecule has 2 amide bonds. The Labute approximate surface area is 163 Å². The highest BCUT2D eigenvalue weighted by Gasteiger charge is 2.38. The van der Waals surface area contributed by atoms with E-state index in [0.717, 1.165) is 10.9 Å². The normalized spacial score (nSPS) is 13.8. The van der Waals surface area contributed by atoms with Gasteiger partial charge in [-0.1, -0.05) is 39.3 Å². The molecular formula is C19H24ClN5O2. The van der Waals surface area contributed by atoms with Crippen LogP contribution in [0.25, 0.3) is 11.0 Å². The van der Waals surface area contributed by atoms with E-state index in [9.17, 15) is 9.59 Å². The van der Waals surface area contributed by atoms with Crippen molar-refractivity contribution in [3.8, 4) is 6.07 Å². The molecule has 2 aromatic heterocycles. The van der Waals surface area contributed by atoms with Gasteiger partial charge in [-0.15, -0.1) is 0 Å². The number of aromatic nitrogens is 2. The van der Waals surface area contributed by atoms with E-state index in [-0.39, 0.29) is 37.2 Å². The number of nitriles is 1. The molecule has 3 rings (SSSR count). The third kappa shape index (κ3) is 3.91. The van der Waals surface area contributed by atoms with E-state index in [1.54, 1.807) is 17.3 Å². The molecule has 3 heterocycles. The van der Waals surface area contributed by atoms with Crippen molar-refractivity contribution in [3.63, 3.8) is 0 Å². The molecule has 0 bridgehead atoms. The molecule has 0 radical (unpaired) electrons. The number of nitrogens with zero attached hydrogens (tertiary/aromatic N) is 3. The number of carbonyl (C=O) groups is 2. The minimum absolute atomic E-state index is 0.0948. The van der Waals surface area contributed by atoms with Crippen LogP contribution in [0, 0.1) is 17.2 Å². The molecule has 8 heteroatoms. The zero-order valence-corrected chi connectivity index (χ0v) is 16.7. The Balaban J connectivity index is 0.00000126. The number of rotatable bonds is 5. The molecule has 0 fully saturated rings. The van der Waals surface area contributed by atoms with E-state index in [0.29, 0.717) is 16.2 Å². The van der Waals surface area contributed by atoms with Gasteiger partial charge in [0.1, 0.15) is 11.7 Å². The maximum absolute atomic E-state index is 13.0. The first kappa shape index (κ1) is 20.7. The van der Waals surface area contributed by atoms with Gasteiger partial charge in [0, 0.05) is 36.4 Å². The van der Waals surface area contributed by atoms with Gasteiger partial charge in [0.15, 0.2) is 0 Å². The topological polar surface area (TPSA) is 102 Å². The standard InChI is InChI=1S/C17H18ClN5O2.C2H6/c1-9(2)14(16(24)20-5-3-4-19)23-8-11-12(18)7-22-15-13(11)10(6-21-15)17(23)25;1-2/h6-7,9,14H,3,5,8H2,1-2H3,(H,20,24)(H,21,22);1-2H3. The van der Waals surface area contributed by atoms with Gasteiger partial charge >= 0.3 is 0 Å². The SMILES string of the molecule is CC.CC(C)C(C(=O)NCCC#N)N1Cc2c(Cl)cnc3[nH]cc(c23)C1=O. The average Bonchev–Trinajstić information content (AvgIpc) is 3.08. The lowest BCUT2D eigenvalue weighted by Crippen LogP contribution is -2.53. The summed E-state index contributed by atoms with van der Waals surface area (Å²) in [5, 5.41) is 12.6. The van der Waals surface area contributed by atoms with Crippen molar-refractivity contribution < 1.29 is 9.59 Å². The molecule has 27 heavy (non-hydrogen) atoms. The fraction of sp³-hybridized carbons (Fsp3) is 0.474. The van der Waals surface area contributed by atoms with Crippen molar-refractivity contribution in [2.75, 3.05) is 6.54 Å². The van der Waals surface area contributed by atoms with Crippen molar-refractivity contribution in [1.82, 2.24) is 20.2 Å². The maximum atomic E-state index is 13.0. The first-order valence-corrected chi connectivity index (χ1v) is 9.43. The number of H-pyrrole nitrogens is 1. The first-order valence-electron chi connectivity index (χ1n) is 9.05. The molecule has 0 aliphatic carbocycles. The van der Waals surface area contributed by atoms with E-state index in [1.807, 2.05) is 33.8 Å². The number of hydrogen-bond donors (Lipinski definition) is 2. The summed E-state index contributed by atoms with van der Waals surface area (Å²) >= 11 is 6.29. The summed E-state index contributed by atoms with van der Waals surface area (Å²) in [7, 11) is 0. The Hall–Kier alpha value is -2.59. The summed E-state index contributed by atoms with van der Waals surface area (Å²) in [5.74, 6) is -0.585. The third-order valence-electron chi connectivity index (χ3n) is 4.35. The van der Waals surface area contributed by atoms with E-state index >= 15 is 0 Å². The second-order valence-electron chi connectivity index (χ2n) is 6.33. The predicted octanol–water partition coefficient (Wildman–Crippen LogP) is 3.25. The van der Waals surface area contributed by atoms with Crippen molar-refractivity contribution in [1.29, 1.82) is 5.26 Å². The Kier molecular flexibility index (Phi) is 6.81. The Morgan fingerprint density at radius 2 is 2.19 bits per heavy atom. The molecule has 1 aliphatic heterocycles. The molecule has 7 nitrogen and oxygen atoms in total. The molecule has 144 valence electrons. The summed E-state index contributed by atoms with van der Waals surface area (Å²) in [6.45, 7) is 8.28. The molecule has 2 N–H and O–H groups in total. The molecular weight excluding hydrogens is 366 g/mol. The van der Waals surface area contributed by atoms with Crippen LogP contribution in [0.3, 0.4) is 0 Å². The largest absolute Gasteiger partial charge is 0.353 e. The summed E-state index contributed by atoms with van der Waals surface area (Å²) in [5.41, 5.74) is 1.88. The lowest BCUT2D eigenvalue weighted by Gasteiger charge is -2.36. The number of amides is 2. The molecule has 0 saturated carbocycles. The van der Waals surface area contributed by atoms with Gasteiger partial charge in [0.05, 0.1) is 23.1 Å². The van der Waals surface area contributed by atoms with Gasteiger partial charge in [-0.05, 0) is 5.92 Å². The number of aromatic amines is 1. The highest BCUT2D eigenvalue weighted by Crippen LogP contribution is 2.34. The summed E-state index contributed by atoms with van der Waals surface area (Å²) in [6.07, 6.45) is 3.38. The number of hydrogen-bond acceptors (Lipinski definition) is 4. The highest BCUT2D eigenvalue weighted by molar-refractivity contribution is 6.32. The van der Waals surface area contributed by atoms with Crippen LogP contribution in [0.1, 0.15) is 50.0 Å². The first-order chi connectivity index (χ1) is 13.0. The van der Waals surface area contributed by atoms with Crippen molar-refractivity contribution in [2.45, 2.75) is 46.7 Å². The van der Waals surface area contributed by atoms with Gasteiger partial charge in [-0.3, -0.25) is 9.59 Å². The Bertz CT molecular complexity index is 884. The molecule has 1 aliphatic rings. The Morgan fingerprint density at radius 1 is 1.48 bits per heavy atom. The van der Waals surface area contributed by atoms with Crippen LogP contribution in [0.4, 0.5) is 0 Å². The van der Waals surface area contributed by atoms with Crippen LogP contribution in [0.5, 0.6) is 0 Å². The second-order valence-corrected chi connectivity index (χ2v) is 6.74. The van der Waals surface area contributed by atoms with Gasteiger partial charge in [0.2, 0.25) is 5.91 Å². The fourth-order valence-corrected chi connectivity index (χ4v) is 3.44. The predicted molar refractivity (Wildman–Crippen MR) is 104 cm³/mol. The minimum atomic E-state index is -0.645. The molecule has 0 aromatic carbocycles. The van der Waals surface area contributed by atoms with Crippen LogP contribution in [-0.4, -0.2) is 39.3 Å². The smallest absolute Gasteiger partial charge is 0.257 e. The van der Waals surface area contributed by atoms with Crippen LogP contribution in [0.2, 0.25) is 5.02 Å². The van der Waals surface area contributed by atoms with E-state index in [4.69, 9.17) is 16.9 Å². The van der Waals surface area contributed by atoms with Gasteiger partial charge in [0.25, 0.3) is 5.91 Å². The van der Waals surface area contributed by atoms with Crippen molar-refractivity contribution in [2.24, 2.45) is 5.92 Å². The van der Waals surface area contributed by atoms with Crippen LogP contribution in [-0.2, 0) is 11.3 Å². The number of nitrogens with one attached hydrogen (secondary N) is 2. The number of pyridine rings is 1. The minimum Gasteiger partial charge on any atom is -0.353 e. The van der Waals surface area contributed by atoms with Crippen molar-refractivity contribution in [3.05, 3.63) is 28.5 Å². The molecule has 0 saturated heterocycles. The second kappa shape index (κ2) is 8.87. The lowest BCUT2D eigenvalue weighted by atomic mass is 9.95. The molecule has 1 atom stereocenters. The fourth-order valence-electron chi connectivity index (χ4n) is 3.23. The number of halogens is 1. The van der Waals surface area contributed by atoms with E-state index in [1.165, 1.54) is 0 Å². The zero-order chi connectivity index (χ0) is 20.1. The van der Waals surface area contributed by atoms with Gasteiger partial charge in [-0.25, -0.2) is 4.98 Å². The Morgan fingerprint density at radius 3 is 2.81 bits per heavy atom. The van der Waals surface area contributed by atoms with Crippen LogP contribution >= 0.6 is 11.6 Å². The summed E-state index contributed by atoms with van der Waals surface area (Å²) in [6, 6.07) is 1.34. The molecule has 2 aromatic rings. The monoisotopic (exact) mass is 389 g/mol.